The minimum atomic E-state index is -0.415. The van der Waals surface area contributed by atoms with Crippen LogP contribution >= 0.6 is 0 Å². The van der Waals surface area contributed by atoms with Crippen LogP contribution < -0.4 is 10.6 Å². The van der Waals surface area contributed by atoms with Gasteiger partial charge in [-0.05, 0) is 44.2 Å². The van der Waals surface area contributed by atoms with Crippen LogP contribution in [0.25, 0.3) is 0 Å². The summed E-state index contributed by atoms with van der Waals surface area (Å²) in [7, 11) is 0. The molecule has 2 rings (SSSR count). The Bertz CT molecular complexity index is 654. The zero-order chi connectivity index (χ0) is 15.9. The molecule has 0 heterocycles. The maximum absolute atomic E-state index is 11.9. The second-order valence-corrected chi connectivity index (χ2v) is 4.98. The van der Waals surface area contributed by atoms with Gasteiger partial charge < -0.3 is 15.4 Å². The van der Waals surface area contributed by atoms with Crippen LogP contribution in [-0.2, 0) is 4.74 Å². The molecule has 22 heavy (non-hydrogen) atoms. The van der Waals surface area contributed by atoms with Gasteiger partial charge in [0.2, 0.25) is 0 Å². The molecule has 0 atom stereocenters. The molecule has 0 fully saturated rings. The van der Waals surface area contributed by atoms with Crippen LogP contribution in [-0.4, -0.2) is 18.1 Å². The quantitative estimate of drug-likeness (QED) is 0.841. The molecule has 0 saturated carbocycles. The van der Waals surface area contributed by atoms with Gasteiger partial charge in [0.25, 0.3) is 0 Å². The third kappa shape index (κ3) is 4.63. The zero-order valence-electron chi connectivity index (χ0n) is 12.5. The lowest BCUT2D eigenvalue weighted by Crippen LogP contribution is -2.19. The summed E-state index contributed by atoms with van der Waals surface area (Å²) >= 11 is 0. The number of carbonyl (C=O) groups is 2. The van der Waals surface area contributed by atoms with E-state index in [1.165, 1.54) is 0 Å². The number of hydrogen-bond donors (Lipinski definition) is 2. The number of amides is 2. The average Bonchev–Trinajstić information content (AvgIpc) is 2.47. The van der Waals surface area contributed by atoms with Gasteiger partial charge in [0.1, 0.15) is 0 Å². The molecule has 0 spiro atoms. The van der Waals surface area contributed by atoms with E-state index in [0.717, 1.165) is 0 Å². The van der Waals surface area contributed by atoms with Gasteiger partial charge in [0.05, 0.1) is 11.7 Å². The second-order valence-electron chi connectivity index (χ2n) is 4.98. The summed E-state index contributed by atoms with van der Waals surface area (Å²) in [5, 5.41) is 5.39. The fraction of sp³-hybridized carbons (Fsp3) is 0.176. The highest BCUT2D eigenvalue weighted by Crippen LogP contribution is 2.13. The minimum Gasteiger partial charge on any atom is -0.459 e. The Morgan fingerprint density at radius 1 is 0.909 bits per heavy atom. The monoisotopic (exact) mass is 298 g/mol. The van der Waals surface area contributed by atoms with Gasteiger partial charge in [-0.25, -0.2) is 9.59 Å². The lowest BCUT2D eigenvalue weighted by atomic mass is 10.2. The molecule has 0 bridgehead atoms. The first-order valence-corrected chi connectivity index (χ1v) is 6.98. The Hall–Kier alpha value is -2.82. The van der Waals surface area contributed by atoms with Gasteiger partial charge in [-0.15, -0.1) is 0 Å². The van der Waals surface area contributed by atoms with Gasteiger partial charge in [0.15, 0.2) is 0 Å². The summed E-state index contributed by atoms with van der Waals surface area (Å²) in [6.07, 6.45) is -0.189. The van der Waals surface area contributed by atoms with Crippen molar-refractivity contribution in [2.45, 2.75) is 20.0 Å². The molecule has 2 aromatic carbocycles. The summed E-state index contributed by atoms with van der Waals surface area (Å²) in [6, 6.07) is 15.3. The Labute approximate surface area is 129 Å². The molecule has 5 nitrogen and oxygen atoms in total. The van der Waals surface area contributed by atoms with E-state index >= 15 is 0 Å². The maximum atomic E-state index is 11.9. The van der Waals surface area contributed by atoms with E-state index in [2.05, 4.69) is 10.6 Å². The summed E-state index contributed by atoms with van der Waals surface area (Å²) in [5.74, 6) is -0.415. The van der Waals surface area contributed by atoms with E-state index in [0.29, 0.717) is 16.9 Å². The Morgan fingerprint density at radius 3 is 2.23 bits per heavy atom. The molecule has 0 aromatic heterocycles. The molecular weight excluding hydrogens is 280 g/mol. The molecule has 2 N–H and O–H groups in total. The molecular formula is C17H18N2O3. The van der Waals surface area contributed by atoms with Crippen molar-refractivity contribution in [1.29, 1.82) is 0 Å². The molecule has 0 saturated heterocycles. The zero-order valence-corrected chi connectivity index (χ0v) is 12.5. The van der Waals surface area contributed by atoms with Crippen molar-refractivity contribution < 1.29 is 14.3 Å². The van der Waals surface area contributed by atoms with Gasteiger partial charge in [0, 0.05) is 11.4 Å². The SMILES string of the molecule is CC(C)OC(=O)c1cccc(NC(=O)Nc2ccccc2)c1. The van der Waals surface area contributed by atoms with E-state index in [1.807, 2.05) is 18.2 Å². The molecule has 0 aliphatic carbocycles. The maximum Gasteiger partial charge on any atom is 0.338 e. The number of esters is 1. The van der Waals surface area contributed by atoms with Crippen molar-refractivity contribution in [1.82, 2.24) is 0 Å². The molecule has 0 unspecified atom stereocenters. The molecule has 5 heteroatoms. The smallest absolute Gasteiger partial charge is 0.338 e. The number of urea groups is 1. The van der Waals surface area contributed by atoms with Crippen LogP contribution in [0.3, 0.4) is 0 Å². The van der Waals surface area contributed by atoms with Gasteiger partial charge in [-0.2, -0.15) is 0 Å². The number of nitrogens with one attached hydrogen (secondary N) is 2. The highest BCUT2D eigenvalue weighted by molar-refractivity contribution is 6.00. The van der Waals surface area contributed by atoms with E-state index < -0.39 is 5.97 Å². The molecule has 2 aromatic rings. The normalized spacial score (nSPS) is 10.1. The lowest BCUT2D eigenvalue weighted by molar-refractivity contribution is 0.0378. The number of carbonyl (C=O) groups excluding carboxylic acids is 2. The first-order chi connectivity index (χ1) is 10.5. The van der Waals surface area contributed by atoms with Crippen molar-refractivity contribution in [2.75, 3.05) is 10.6 Å². The predicted octanol–water partition coefficient (Wildman–Crippen LogP) is 3.90. The predicted molar refractivity (Wildman–Crippen MR) is 86.1 cm³/mol. The summed E-state index contributed by atoms with van der Waals surface area (Å²) in [6.45, 7) is 3.57. The molecule has 2 amide bonds. The first-order valence-electron chi connectivity index (χ1n) is 6.98. The van der Waals surface area contributed by atoms with Crippen molar-refractivity contribution in [3.8, 4) is 0 Å². The fourth-order valence-electron chi connectivity index (χ4n) is 1.82. The van der Waals surface area contributed by atoms with Gasteiger partial charge in [-0.3, -0.25) is 0 Å². The van der Waals surface area contributed by atoms with Crippen LogP contribution in [0.2, 0.25) is 0 Å². The summed E-state index contributed by atoms with van der Waals surface area (Å²) < 4.78 is 5.12. The molecule has 0 aliphatic heterocycles. The van der Waals surface area contributed by atoms with Crippen LogP contribution in [0.4, 0.5) is 16.2 Å². The van der Waals surface area contributed by atoms with E-state index in [9.17, 15) is 9.59 Å². The second kappa shape index (κ2) is 7.26. The first kappa shape index (κ1) is 15.6. The lowest BCUT2D eigenvalue weighted by Gasteiger charge is -2.10. The number of rotatable bonds is 4. The topological polar surface area (TPSA) is 67.4 Å². The molecule has 0 radical (unpaired) electrons. The standard InChI is InChI=1S/C17H18N2O3/c1-12(2)22-16(20)13-7-6-10-15(11-13)19-17(21)18-14-8-4-3-5-9-14/h3-12H,1-2H3,(H2,18,19,21). The van der Waals surface area contributed by atoms with Crippen LogP contribution in [0, 0.1) is 0 Å². The fourth-order valence-corrected chi connectivity index (χ4v) is 1.82. The van der Waals surface area contributed by atoms with Crippen LogP contribution in [0.15, 0.2) is 54.6 Å². The molecule has 0 aliphatic rings. The highest BCUT2D eigenvalue weighted by atomic mass is 16.5. The van der Waals surface area contributed by atoms with Crippen molar-refractivity contribution >= 4 is 23.4 Å². The van der Waals surface area contributed by atoms with Gasteiger partial charge in [-0.1, -0.05) is 24.3 Å². The van der Waals surface area contributed by atoms with Crippen molar-refractivity contribution in [2.24, 2.45) is 0 Å². The summed E-state index contributed by atoms with van der Waals surface area (Å²) in [4.78, 5) is 23.7. The van der Waals surface area contributed by atoms with E-state index in [1.54, 1.807) is 50.2 Å². The number of anilines is 2. The Balaban J connectivity index is 2.01. The Morgan fingerprint density at radius 2 is 1.55 bits per heavy atom. The number of ether oxygens (including phenoxy) is 1. The van der Waals surface area contributed by atoms with Crippen molar-refractivity contribution in [3.63, 3.8) is 0 Å². The van der Waals surface area contributed by atoms with Crippen LogP contribution in [0.1, 0.15) is 24.2 Å². The minimum absolute atomic E-state index is 0.189. The largest absolute Gasteiger partial charge is 0.459 e. The molecule has 114 valence electrons. The third-order valence-corrected chi connectivity index (χ3v) is 2.73. The number of benzene rings is 2. The van der Waals surface area contributed by atoms with Gasteiger partial charge >= 0.3 is 12.0 Å². The Kier molecular flexibility index (Phi) is 5.14. The highest BCUT2D eigenvalue weighted by Gasteiger charge is 2.10. The van der Waals surface area contributed by atoms with Crippen LogP contribution in [0.5, 0.6) is 0 Å². The van der Waals surface area contributed by atoms with E-state index in [4.69, 9.17) is 4.74 Å². The van der Waals surface area contributed by atoms with Crippen molar-refractivity contribution in [3.05, 3.63) is 60.2 Å². The third-order valence-electron chi connectivity index (χ3n) is 2.73. The average molecular weight is 298 g/mol. The van der Waals surface area contributed by atoms with E-state index in [-0.39, 0.29) is 12.1 Å². The summed E-state index contributed by atoms with van der Waals surface area (Å²) in [5.41, 5.74) is 1.60. The number of para-hydroxylation sites is 1. The number of hydrogen-bond acceptors (Lipinski definition) is 3.